The summed E-state index contributed by atoms with van der Waals surface area (Å²) in [7, 11) is 4.11. The van der Waals surface area contributed by atoms with Crippen molar-refractivity contribution < 1.29 is 9.53 Å². The summed E-state index contributed by atoms with van der Waals surface area (Å²) in [6, 6.07) is 0.376. The van der Waals surface area contributed by atoms with Gasteiger partial charge in [-0.2, -0.15) is 0 Å². The second-order valence-electron chi connectivity index (χ2n) is 6.36. The highest BCUT2D eigenvalue weighted by atomic mass is 16.5. The Morgan fingerprint density at radius 1 is 1.11 bits per heavy atom. The van der Waals surface area contributed by atoms with Crippen molar-refractivity contribution in [3.63, 3.8) is 0 Å². The summed E-state index contributed by atoms with van der Waals surface area (Å²) in [4.78, 5) is 14.1. The highest BCUT2D eigenvalue weighted by Gasteiger charge is 2.18. The van der Waals surface area contributed by atoms with Crippen molar-refractivity contribution in [1.29, 1.82) is 0 Å². The lowest BCUT2D eigenvalue weighted by molar-refractivity contribution is -0.132. The third-order valence-electron chi connectivity index (χ3n) is 3.03. The zero-order valence-corrected chi connectivity index (χ0v) is 13.7. The zero-order chi connectivity index (χ0) is 15.0. The van der Waals surface area contributed by atoms with E-state index in [0.717, 1.165) is 6.42 Å². The van der Waals surface area contributed by atoms with Crippen LogP contribution < -0.4 is 5.32 Å². The molecule has 0 aliphatic carbocycles. The van der Waals surface area contributed by atoms with E-state index in [-0.39, 0.29) is 12.0 Å². The highest BCUT2D eigenvalue weighted by Crippen LogP contribution is 2.08. The Kier molecular flexibility index (Phi) is 9.02. The molecule has 1 N–H and O–H groups in total. The summed E-state index contributed by atoms with van der Waals surface area (Å²) in [6.45, 7) is 11.7. The van der Waals surface area contributed by atoms with Crippen molar-refractivity contribution in [3.8, 4) is 0 Å². The molecule has 0 radical (unpaired) electrons. The number of ether oxygens (including phenoxy) is 1. The number of nitrogens with one attached hydrogen (secondary N) is 1. The van der Waals surface area contributed by atoms with Gasteiger partial charge in [-0.25, -0.2) is 0 Å². The summed E-state index contributed by atoms with van der Waals surface area (Å²) < 4.78 is 5.51. The van der Waals surface area contributed by atoms with Gasteiger partial charge in [0.05, 0.1) is 0 Å². The largest absolute Gasteiger partial charge is 0.368 e. The minimum absolute atomic E-state index is 0.0174. The molecule has 19 heavy (non-hydrogen) atoms. The molecular formula is C15H32N2O2. The van der Waals surface area contributed by atoms with Crippen LogP contribution in [0.15, 0.2) is 0 Å². The van der Waals surface area contributed by atoms with Crippen LogP contribution in [0.4, 0.5) is 0 Å². The molecule has 4 nitrogen and oxygen atoms in total. The first-order valence-electron chi connectivity index (χ1n) is 7.29. The Morgan fingerprint density at radius 2 is 1.68 bits per heavy atom. The van der Waals surface area contributed by atoms with Gasteiger partial charge in [-0.15, -0.1) is 0 Å². The van der Waals surface area contributed by atoms with Gasteiger partial charge in [0, 0.05) is 19.2 Å². The zero-order valence-electron chi connectivity index (χ0n) is 13.7. The maximum Gasteiger partial charge on any atom is 0.248 e. The molecule has 0 aromatic rings. The van der Waals surface area contributed by atoms with Gasteiger partial charge in [-0.1, -0.05) is 27.7 Å². The van der Waals surface area contributed by atoms with E-state index in [4.69, 9.17) is 4.74 Å². The third kappa shape index (κ3) is 9.00. The second kappa shape index (κ2) is 9.32. The van der Waals surface area contributed by atoms with Gasteiger partial charge >= 0.3 is 0 Å². The van der Waals surface area contributed by atoms with Crippen molar-refractivity contribution in [1.82, 2.24) is 10.2 Å². The molecule has 0 heterocycles. The molecule has 0 saturated carbocycles. The van der Waals surface area contributed by atoms with Crippen molar-refractivity contribution in [2.24, 2.45) is 11.8 Å². The molecular weight excluding hydrogens is 240 g/mol. The molecule has 0 spiro atoms. The van der Waals surface area contributed by atoms with Crippen LogP contribution in [0, 0.1) is 11.8 Å². The molecule has 0 aromatic carbocycles. The van der Waals surface area contributed by atoms with Crippen molar-refractivity contribution in [3.05, 3.63) is 0 Å². The predicted octanol–water partition coefficient (Wildman–Crippen LogP) is 2.14. The van der Waals surface area contributed by atoms with Gasteiger partial charge in [0.1, 0.15) is 6.10 Å². The fraction of sp³-hybridized carbons (Fsp3) is 0.933. The van der Waals surface area contributed by atoms with Crippen LogP contribution in [0.3, 0.4) is 0 Å². The maximum absolute atomic E-state index is 11.9. The Hall–Kier alpha value is -0.610. The Balaban J connectivity index is 4.09. The quantitative estimate of drug-likeness (QED) is 0.699. The standard InChI is InChI=1S/C15H32N2O2/c1-11(2)8-14(17(6)7)9-16-15(18)13(5)19-10-12(3)4/h11-14H,8-10H2,1-7H3,(H,16,18). The van der Waals surface area contributed by atoms with E-state index in [9.17, 15) is 4.79 Å². The van der Waals surface area contributed by atoms with Crippen molar-refractivity contribution in [2.75, 3.05) is 27.2 Å². The minimum atomic E-state index is -0.371. The monoisotopic (exact) mass is 272 g/mol. The Labute approximate surface area is 118 Å². The van der Waals surface area contributed by atoms with E-state index in [2.05, 4.69) is 52.0 Å². The molecule has 114 valence electrons. The number of hydrogen-bond donors (Lipinski definition) is 1. The fourth-order valence-electron chi connectivity index (χ4n) is 1.80. The Bertz CT molecular complexity index is 253. The number of carbonyl (C=O) groups is 1. The van der Waals surface area contributed by atoms with Crippen molar-refractivity contribution in [2.45, 2.75) is 53.2 Å². The number of nitrogens with zero attached hydrogens (tertiary/aromatic N) is 1. The lowest BCUT2D eigenvalue weighted by Crippen LogP contribution is -2.44. The van der Waals surface area contributed by atoms with Crippen LogP contribution in [-0.4, -0.2) is 50.2 Å². The minimum Gasteiger partial charge on any atom is -0.368 e. The van der Waals surface area contributed by atoms with Gasteiger partial charge in [-0.05, 0) is 39.3 Å². The molecule has 0 fully saturated rings. The first-order valence-corrected chi connectivity index (χ1v) is 7.29. The molecule has 0 aromatic heterocycles. The number of likely N-dealkylation sites (N-methyl/N-ethyl adjacent to an activating group) is 1. The van der Waals surface area contributed by atoms with E-state index in [1.165, 1.54) is 0 Å². The first-order chi connectivity index (χ1) is 8.73. The average molecular weight is 272 g/mol. The van der Waals surface area contributed by atoms with E-state index in [1.54, 1.807) is 0 Å². The molecule has 2 atom stereocenters. The normalized spacial score (nSPS) is 15.1. The lowest BCUT2D eigenvalue weighted by Gasteiger charge is -2.27. The summed E-state index contributed by atoms with van der Waals surface area (Å²) >= 11 is 0. The van der Waals surface area contributed by atoms with Crippen LogP contribution in [0.2, 0.25) is 0 Å². The average Bonchev–Trinajstić information content (AvgIpc) is 2.29. The molecule has 0 aliphatic heterocycles. The summed E-state index contributed by atoms with van der Waals surface area (Å²) in [5.74, 6) is 1.06. The Morgan fingerprint density at radius 3 is 2.11 bits per heavy atom. The van der Waals surface area contributed by atoms with Gasteiger partial charge in [0.15, 0.2) is 0 Å². The van der Waals surface area contributed by atoms with Gasteiger partial charge in [-0.3, -0.25) is 4.79 Å². The predicted molar refractivity (Wildman–Crippen MR) is 80.2 cm³/mol. The van der Waals surface area contributed by atoms with Gasteiger partial charge in [0.25, 0.3) is 0 Å². The van der Waals surface area contributed by atoms with Crippen molar-refractivity contribution >= 4 is 5.91 Å². The number of hydrogen-bond acceptors (Lipinski definition) is 3. The number of rotatable bonds is 9. The summed E-state index contributed by atoms with van der Waals surface area (Å²) in [5, 5.41) is 2.99. The summed E-state index contributed by atoms with van der Waals surface area (Å²) in [6.07, 6.45) is 0.707. The van der Waals surface area contributed by atoms with Crippen LogP contribution in [-0.2, 0) is 9.53 Å². The first kappa shape index (κ1) is 18.4. The topological polar surface area (TPSA) is 41.6 Å². The second-order valence-corrected chi connectivity index (χ2v) is 6.36. The van der Waals surface area contributed by atoms with E-state index in [1.807, 2.05) is 6.92 Å². The number of carbonyl (C=O) groups excluding carboxylic acids is 1. The smallest absolute Gasteiger partial charge is 0.248 e. The fourth-order valence-corrected chi connectivity index (χ4v) is 1.80. The summed E-state index contributed by atoms with van der Waals surface area (Å²) in [5.41, 5.74) is 0. The lowest BCUT2D eigenvalue weighted by atomic mass is 10.0. The highest BCUT2D eigenvalue weighted by molar-refractivity contribution is 5.80. The molecule has 0 bridgehead atoms. The van der Waals surface area contributed by atoms with Crippen LogP contribution in [0.5, 0.6) is 0 Å². The molecule has 0 saturated heterocycles. The molecule has 0 aliphatic rings. The van der Waals surface area contributed by atoms with E-state index in [0.29, 0.717) is 31.0 Å². The molecule has 2 unspecified atom stereocenters. The maximum atomic E-state index is 11.9. The van der Waals surface area contributed by atoms with E-state index >= 15 is 0 Å². The molecule has 1 amide bonds. The van der Waals surface area contributed by atoms with Crippen LogP contribution in [0.25, 0.3) is 0 Å². The molecule has 4 heteroatoms. The SMILES string of the molecule is CC(C)COC(C)C(=O)NCC(CC(C)C)N(C)C. The van der Waals surface area contributed by atoms with Crippen LogP contribution >= 0.6 is 0 Å². The third-order valence-corrected chi connectivity index (χ3v) is 3.03. The molecule has 0 rings (SSSR count). The van der Waals surface area contributed by atoms with Gasteiger partial charge < -0.3 is 15.0 Å². The number of amides is 1. The van der Waals surface area contributed by atoms with Crippen LogP contribution in [0.1, 0.15) is 41.0 Å². The van der Waals surface area contributed by atoms with Gasteiger partial charge in [0.2, 0.25) is 5.91 Å². The van der Waals surface area contributed by atoms with E-state index < -0.39 is 0 Å².